The standard InChI is InChI=1S/C24H24Cl3N3OS/c25-18-4-7-20(8-5-18)30-16-17(11-13-29-32(31)21-2-1-12-28-15-21)3-10-24(30)22-9-6-19(26)14-23(22)27/h1-2,4-9,12,14-15,17,24,29H,3,10-11,13,16H2. The second kappa shape index (κ2) is 11.0. The van der Waals surface area contributed by atoms with Gasteiger partial charge in [-0.05, 0) is 79.3 Å². The van der Waals surface area contributed by atoms with Crippen LogP contribution in [0.5, 0.6) is 0 Å². The van der Waals surface area contributed by atoms with Crippen molar-refractivity contribution in [2.24, 2.45) is 5.92 Å². The maximum absolute atomic E-state index is 12.4. The van der Waals surface area contributed by atoms with E-state index in [2.05, 4.69) is 26.7 Å². The maximum Gasteiger partial charge on any atom is 0.126 e. The predicted octanol–water partition coefficient (Wildman–Crippen LogP) is 6.70. The zero-order valence-corrected chi connectivity index (χ0v) is 20.5. The van der Waals surface area contributed by atoms with Crippen molar-refractivity contribution in [2.75, 3.05) is 18.0 Å². The SMILES string of the molecule is O=S(NCCC1CCC(c2ccc(Cl)cc2Cl)N(c2ccc(Cl)cc2)C1)c1cccnc1. The number of hydrogen-bond acceptors (Lipinski definition) is 3. The van der Waals surface area contributed by atoms with E-state index in [9.17, 15) is 4.21 Å². The lowest BCUT2D eigenvalue weighted by atomic mass is 9.86. The number of pyridine rings is 1. The molecule has 0 aliphatic carbocycles. The first kappa shape index (κ1) is 23.5. The third-order valence-electron chi connectivity index (χ3n) is 5.79. The summed E-state index contributed by atoms with van der Waals surface area (Å²) in [4.78, 5) is 7.13. The topological polar surface area (TPSA) is 45.2 Å². The number of nitrogens with one attached hydrogen (secondary N) is 1. The molecule has 4 nitrogen and oxygen atoms in total. The monoisotopic (exact) mass is 507 g/mol. The molecule has 8 heteroatoms. The summed E-state index contributed by atoms with van der Waals surface area (Å²) in [5, 5.41) is 2.04. The van der Waals surface area contributed by atoms with Crippen molar-refractivity contribution >= 4 is 51.5 Å². The fourth-order valence-corrected chi connectivity index (χ4v) is 5.68. The van der Waals surface area contributed by atoms with Gasteiger partial charge in [-0.3, -0.25) is 4.98 Å². The lowest BCUT2D eigenvalue weighted by Crippen LogP contribution is -2.39. The molecular weight excluding hydrogens is 485 g/mol. The lowest BCUT2D eigenvalue weighted by Gasteiger charge is -2.42. The summed E-state index contributed by atoms with van der Waals surface area (Å²) >= 11 is 18.8. The van der Waals surface area contributed by atoms with Crippen LogP contribution < -0.4 is 9.62 Å². The van der Waals surface area contributed by atoms with Crippen molar-refractivity contribution in [2.45, 2.75) is 30.2 Å². The number of anilines is 1. The normalized spacial score (nSPS) is 19.7. The van der Waals surface area contributed by atoms with Gasteiger partial charge in [0.05, 0.1) is 10.9 Å². The minimum Gasteiger partial charge on any atom is -0.364 e. The smallest absolute Gasteiger partial charge is 0.126 e. The number of rotatable bonds is 7. The van der Waals surface area contributed by atoms with Gasteiger partial charge in [-0.1, -0.05) is 40.9 Å². The Morgan fingerprint density at radius 3 is 2.53 bits per heavy atom. The molecule has 0 radical (unpaired) electrons. The van der Waals surface area contributed by atoms with Crippen LogP contribution in [-0.4, -0.2) is 22.3 Å². The van der Waals surface area contributed by atoms with Gasteiger partial charge in [0, 0.05) is 46.2 Å². The van der Waals surface area contributed by atoms with Gasteiger partial charge in [0.2, 0.25) is 0 Å². The minimum absolute atomic E-state index is 0.162. The Morgan fingerprint density at radius 2 is 1.81 bits per heavy atom. The van der Waals surface area contributed by atoms with E-state index in [1.807, 2.05) is 36.4 Å². The Kier molecular flexibility index (Phi) is 8.08. The summed E-state index contributed by atoms with van der Waals surface area (Å²) in [6, 6.07) is 17.4. The average Bonchev–Trinajstić information content (AvgIpc) is 2.80. The number of benzene rings is 2. The number of nitrogens with zero attached hydrogens (tertiary/aromatic N) is 2. The van der Waals surface area contributed by atoms with Gasteiger partial charge in [0.15, 0.2) is 0 Å². The van der Waals surface area contributed by atoms with Crippen LogP contribution in [0.2, 0.25) is 15.1 Å². The number of halogens is 3. The molecule has 0 saturated carbocycles. The summed E-state index contributed by atoms with van der Waals surface area (Å²) in [6.45, 7) is 1.56. The Morgan fingerprint density at radius 1 is 1.03 bits per heavy atom. The first-order valence-corrected chi connectivity index (χ1v) is 12.8. The molecule has 168 valence electrons. The first-order valence-electron chi connectivity index (χ1n) is 10.5. The van der Waals surface area contributed by atoms with Gasteiger partial charge in [0.25, 0.3) is 0 Å². The van der Waals surface area contributed by atoms with Gasteiger partial charge in [-0.2, -0.15) is 0 Å². The zero-order chi connectivity index (χ0) is 22.5. The molecule has 2 aromatic carbocycles. The van der Waals surface area contributed by atoms with E-state index in [-0.39, 0.29) is 6.04 Å². The predicted molar refractivity (Wildman–Crippen MR) is 134 cm³/mol. The van der Waals surface area contributed by atoms with E-state index in [4.69, 9.17) is 34.8 Å². The molecule has 1 saturated heterocycles. The Hall–Kier alpha value is -1.63. The number of piperidine rings is 1. The van der Waals surface area contributed by atoms with E-state index in [0.717, 1.165) is 37.1 Å². The van der Waals surface area contributed by atoms with Crippen molar-refractivity contribution < 1.29 is 4.21 Å². The van der Waals surface area contributed by atoms with Gasteiger partial charge < -0.3 is 4.90 Å². The van der Waals surface area contributed by atoms with Gasteiger partial charge in [0.1, 0.15) is 11.0 Å². The molecule has 0 bridgehead atoms. The molecule has 1 aromatic heterocycles. The molecule has 1 aliphatic rings. The van der Waals surface area contributed by atoms with E-state index in [1.165, 1.54) is 0 Å². The molecule has 4 rings (SSSR count). The summed E-state index contributed by atoms with van der Waals surface area (Å²) in [5.74, 6) is 0.464. The van der Waals surface area contributed by atoms with E-state index in [1.54, 1.807) is 18.5 Å². The molecule has 3 aromatic rings. The molecule has 3 unspecified atom stereocenters. The zero-order valence-electron chi connectivity index (χ0n) is 17.4. The second-order valence-electron chi connectivity index (χ2n) is 7.89. The van der Waals surface area contributed by atoms with Crippen molar-refractivity contribution in [3.8, 4) is 0 Å². The summed E-state index contributed by atoms with van der Waals surface area (Å²) < 4.78 is 15.5. The minimum atomic E-state index is -1.25. The molecule has 2 heterocycles. The first-order chi connectivity index (χ1) is 15.5. The van der Waals surface area contributed by atoms with Crippen LogP contribution in [0.15, 0.2) is 71.9 Å². The van der Waals surface area contributed by atoms with Crippen molar-refractivity contribution in [1.82, 2.24) is 9.71 Å². The molecular formula is C24H24Cl3N3OS. The van der Waals surface area contributed by atoms with Crippen molar-refractivity contribution in [3.63, 3.8) is 0 Å². The van der Waals surface area contributed by atoms with Crippen LogP contribution in [0.4, 0.5) is 5.69 Å². The molecule has 32 heavy (non-hydrogen) atoms. The largest absolute Gasteiger partial charge is 0.364 e. The number of hydrogen-bond donors (Lipinski definition) is 1. The summed E-state index contributed by atoms with van der Waals surface area (Å²) in [7, 11) is -1.25. The van der Waals surface area contributed by atoms with E-state index < -0.39 is 11.0 Å². The third-order valence-corrected chi connectivity index (χ3v) is 7.74. The molecule has 3 atom stereocenters. The van der Waals surface area contributed by atoms with Crippen molar-refractivity contribution in [1.29, 1.82) is 0 Å². The highest BCUT2D eigenvalue weighted by molar-refractivity contribution is 7.83. The van der Waals surface area contributed by atoms with Crippen LogP contribution in [-0.2, 0) is 11.0 Å². The Balaban J connectivity index is 1.46. The Bertz CT molecular complexity index is 1070. The number of aromatic nitrogens is 1. The van der Waals surface area contributed by atoms with Crippen LogP contribution in [0, 0.1) is 5.92 Å². The fraction of sp³-hybridized carbons (Fsp3) is 0.292. The quantitative estimate of drug-likeness (QED) is 0.386. The highest BCUT2D eigenvalue weighted by Crippen LogP contribution is 2.41. The molecule has 1 fully saturated rings. The van der Waals surface area contributed by atoms with Crippen LogP contribution in [0.25, 0.3) is 0 Å². The van der Waals surface area contributed by atoms with E-state index >= 15 is 0 Å². The van der Waals surface area contributed by atoms with E-state index in [0.29, 0.717) is 32.4 Å². The molecule has 0 spiro atoms. The van der Waals surface area contributed by atoms with Crippen LogP contribution in [0.3, 0.4) is 0 Å². The highest BCUT2D eigenvalue weighted by atomic mass is 35.5. The molecule has 1 aliphatic heterocycles. The summed E-state index contributed by atoms with van der Waals surface area (Å²) in [5.41, 5.74) is 2.20. The maximum atomic E-state index is 12.4. The average molecular weight is 509 g/mol. The molecule has 0 amide bonds. The summed E-state index contributed by atoms with van der Waals surface area (Å²) in [6.07, 6.45) is 6.27. The van der Waals surface area contributed by atoms with Crippen LogP contribution in [0.1, 0.15) is 30.9 Å². The van der Waals surface area contributed by atoms with Crippen molar-refractivity contribution in [3.05, 3.63) is 87.6 Å². The fourth-order valence-electron chi connectivity index (χ4n) is 4.19. The lowest BCUT2D eigenvalue weighted by molar-refractivity contribution is 0.344. The second-order valence-corrected chi connectivity index (χ2v) is 10.5. The van der Waals surface area contributed by atoms with Gasteiger partial charge in [-0.15, -0.1) is 0 Å². The van der Waals surface area contributed by atoms with Crippen LogP contribution >= 0.6 is 34.8 Å². The molecule has 1 N–H and O–H groups in total. The highest BCUT2D eigenvalue weighted by Gasteiger charge is 2.30. The van der Waals surface area contributed by atoms with Gasteiger partial charge >= 0.3 is 0 Å². The Labute approximate surface area is 206 Å². The third kappa shape index (κ3) is 5.83. The van der Waals surface area contributed by atoms with Gasteiger partial charge in [-0.25, -0.2) is 8.93 Å².